The highest BCUT2D eigenvalue weighted by atomic mass is 16.1. The van der Waals surface area contributed by atoms with Crippen LogP contribution in [0.5, 0.6) is 0 Å². The molecule has 0 bridgehead atoms. The summed E-state index contributed by atoms with van der Waals surface area (Å²) < 4.78 is 0. The molecule has 1 heterocycles. The number of amides is 1. The van der Waals surface area contributed by atoms with Crippen molar-refractivity contribution >= 4 is 12.1 Å². The first-order chi connectivity index (χ1) is 4.70. The number of rotatable bonds is 0. The highest BCUT2D eigenvalue weighted by molar-refractivity contribution is 6.26. The number of hydrogen-bond acceptors (Lipinski definition) is 2. The van der Waals surface area contributed by atoms with Gasteiger partial charge in [0.2, 0.25) is 0 Å². The van der Waals surface area contributed by atoms with E-state index < -0.39 is 0 Å². The van der Waals surface area contributed by atoms with E-state index in [9.17, 15) is 4.79 Å². The molecule has 3 heteroatoms. The van der Waals surface area contributed by atoms with Gasteiger partial charge in [0.05, 0.1) is 12.3 Å². The first kappa shape index (κ1) is 6.99. The molecule has 1 aliphatic rings. The quantitative estimate of drug-likeness (QED) is 0.519. The lowest BCUT2D eigenvalue weighted by molar-refractivity contribution is -0.113. The highest BCUT2D eigenvalue weighted by Crippen LogP contribution is 2.04. The second-order valence-corrected chi connectivity index (χ2v) is 2.35. The lowest BCUT2D eigenvalue weighted by Crippen LogP contribution is -2.16. The Labute approximate surface area is 59.8 Å². The van der Waals surface area contributed by atoms with Crippen LogP contribution in [0.2, 0.25) is 0 Å². The molecule has 0 radical (unpaired) electrons. The molecule has 1 amide bonds. The van der Waals surface area contributed by atoms with Crippen LogP contribution in [-0.4, -0.2) is 18.2 Å². The molecule has 0 aromatic carbocycles. The van der Waals surface area contributed by atoms with Gasteiger partial charge in [-0.05, 0) is 19.4 Å². The largest absolute Gasteiger partial charge is 0.328 e. The molecule has 0 aliphatic carbocycles. The highest BCUT2D eigenvalue weighted by Gasteiger charge is 2.05. The van der Waals surface area contributed by atoms with E-state index in [-0.39, 0.29) is 11.9 Å². The molecule has 0 saturated heterocycles. The van der Waals surface area contributed by atoms with Gasteiger partial charge < -0.3 is 5.32 Å². The number of nitrogens with one attached hydrogen (secondary N) is 1. The van der Waals surface area contributed by atoms with E-state index in [1.54, 1.807) is 6.20 Å². The van der Waals surface area contributed by atoms with Gasteiger partial charge >= 0.3 is 0 Å². The monoisotopic (exact) mass is 138 g/mol. The minimum absolute atomic E-state index is 0.124. The van der Waals surface area contributed by atoms with Crippen LogP contribution >= 0.6 is 0 Å². The Hall–Kier alpha value is -1.12. The van der Waals surface area contributed by atoms with Crippen molar-refractivity contribution in [2.75, 3.05) is 0 Å². The summed E-state index contributed by atoms with van der Waals surface area (Å²) in [6, 6.07) is 0.124. The van der Waals surface area contributed by atoms with Crippen LogP contribution in [0.25, 0.3) is 0 Å². The van der Waals surface area contributed by atoms with Crippen LogP contribution in [0.3, 0.4) is 0 Å². The predicted octanol–water partition coefficient (Wildman–Crippen LogP) is 0.479. The molecule has 1 aliphatic heterocycles. The molecule has 1 N–H and O–H groups in total. The minimum Gasteiger partial charge on any atom is -0.328 e. The third-order valence-corrected chi connectivity index (χ3v) is 1.52. The van der Waals surface area contributed by atoms with Crippen LogP contribution in [0, 0.1) is 0 Å². The molecule has 0 unspecified atom stereocenters. The van der Waals surface area contributed by atoms with Gasteiger partial charge in [-0.3, -0.25) is 9.79 Å². The van der Waals surface area contributed by atoms with Gasteiger partial charge in [0.25, 0.3) is 5.91 Å². The van der Waals surface area contributed by atoms with Crippen molar-refractivity contribution in [2.24, 2.45) is 4.99 Å². The molecule has 1 atom stereocenters. The van der Waals surface area contributed by atoms with Crippen molar-refractivity contribution in [1.82, 2.24) is 5.32 Å². The third kappa shape index (κ3) is 1.43. The summed E-state index contributed by atoms with van der Waals surface area (Å²) in [4.78, 5) is 14.6. The summed E-state index contributed by atoms with van der Waals surface area (Å²) in [5, 5.41) is 2.57. The van der Waals surface area contributed by atoms with E-state index >= 15 is 0 Å². The van der Waals surface area contributed by atoms with Gasteiger partial charge in [0, 0.05) is 6.20 Å². The van der Waals surface area contributed by atoms with Crippen LogP contribution < -0.4 is 5.32 Å². The maximum Gasteiger partial charge on any atom is 0.265 e. The number of hydrogen-bond donors (Lipinski definition) is 1. The Kier molecular flexibility index (Phi) is 1.85. The Balaban J connectivity index is 2.81. The molecule has 1 rings (SSSR count). The lowest BCUT2D eigenvalue weighted by atomic mass is 10.2. The number of carbonyl (C=O) groups is 1. The molecule has 3 nitrogen and oxygen atoms in total. The maximum atomic E-state index is 10.7. The summed E-state index contributed by atoms with van der Waals surface area (Å²) in [7, 11) is 0. The smallest absolute Gasteiger partial charge is 0.265 e. The van der Waals surface area contributed by atoms with E-state index in [4.69, 9.17) is 0 Å². The summed E-state index contributed by atoms with van der Waals surface area (Å²) in [6.45, 7) is 3.89. The van der Waals surface area contributed by atoms with Crippen molar-refractivity contribution in [1.29, 1.82) is 0 Å². The molecular formula is C7H10N2O. The van der Waals surface area contributed by atoms with Crippen molar-refractivity contribution in [3.05, 3.63) is 11.8 Å². The van der Waals surface area contributed by atoms with Crippen LogP contribution in [0.1, 0.15) is 13.8 Å². The van der Waals surface area contributed by atoms with E-state index in [0.717, 1.165) is 5.57 Å². The number of nitrogens with zero attached hydrogens (tertiary/aromatic N) is 1. The zero-order valence-electron chi connectivity index (χ0n) is 6.09. The summed E-state index contributed by atoms with van der Waals surface area (Å²) in [5.74, 6) is -0.149. The Morgan fingerprint density at radius 1 is 1.70 bits per heavy atom. The summed E-state index contributed by atoms with van der Waals surface area (Å²) >= 11 is 0. The van der Waals surface area contributed by atoms with Crippen molar-refractivity contribution in [3.8, 4) is 0 Å². The maximum absolute atomic E-state index is 10.7. The second kappa shape index (κ2) is 2.64. The molecule has 0 spiro atoms. The normalized spacial score (nSPS) is 25.2. The molecule has 0 aromatic heterocycles. The first-order valence-electron chi connectivity index (χ1n) is 3.20. The molecule has 0 aromatic rings. The lowest BCUT2D eigenvalue weighted by Gasteiger charge is -2.01. The number of aliphatic imine (C=N–C) groups is 1. The van der Waals surface area contributed by atoms with Gasteiger partial charge in [-0.2, -0.15) is 0 Å². The second-order valence-electron chi connectivity index (χ2n) is 2.35. The van der Waals surface area contributed by atoms with Crippen molar-refractivity contribution < 1.29 is 4.79 Å². The average molecular weight is 138 g/mol. The molecule has 0 fully saturated rings. The fraction of sp³-hybridized carbons (Fsp3) is 0.429. The molecule has 10 heavy (non-hydrogen) atoms. The zero-order valence-corrected chi connectivity index (χ0v) is 6.09. The van der Waals surface area contributed by atoms with Crippen molar-refractivity contribution in [2.45, 2.75) is 19.9 Å². The topological polar surface area (TPSA) is 41.5 Å². The first-order valence-corrected chi connectivity index (χ1v) is 3.20. The standard InChI is InChI=1S/C7H10N2O/c1-5-3-9-7(10)4-8-6(5)2/h3-4,6H,1-2H3,(H,9,10)/t6-/m1/s1. The Bertz CT molecular complexity index is 206. The van der Waals surface area contributed by atoms with E-state index in [1.165, 1.54) is 6.21 Å². The van der Waals surface area contributed by atoms with Gasteiger partial charge in [0.15, 0.2) is 0 Å². The Morgan fingerprint density at radius 3 is 3.10 bits per heavy atom. The fourth-order valence-corrected chi connectivity index (χ4v) is 0.640. The van der Waals surface area contributed by atoms with Gasteiger partial charge in [-0.15, -0.1) is 0 Å². The fourth-order valence-electron chi connectivity index (χ4n) is 0.640. The molecule has 54 valence electrons. The SMILES string of the molecule is CC1=CNC(=O)C=N[C@@H]1C. The molecular weight excluding hydrogens is 128 g/mol. The number of carbonyl (C=O) groups excluding carboxylic acids is 1. The zero-order chi connectivity index (χ0) is 7.56. The Morgan fingerprint density at radius 2 is 2.40 bits per heavy atom. The van der Waals surface area contributed by atoms with Gasteiger partial charge in [-0.1, -0.05) is 0 Å². The van der Waals surface area contributed by atoms with E-state index in [1.807, 2.05) is 13.8 Å². The molecule has 0 saturated carbocycles. The summed E-state index contributed by atoms with van der Waals surface area (Å²) in [6.07, 6.45) is 3.01. The third-order valence-electron chi connectivity index (χ3n) is 1.52. The van der Waals surface area contributed by atoms with Gasteiger partial charge in [-0.25, -0.2) is 0 Å². The van der Waals surface area contributed by atoms with Crippen molar-refractivity contribution in [3.63, 3.8) is 0 Å². The van der Waals surface area contributed by atoms with E-state index in [0.29, 0.717) is 0 Å². The van der Waals surface area contributed by atoms with Crippen LogP contribution in [0.4, 0.5) is 0 Å². The predicted molar refractivity (Wildman–Crippen MR) is 39.9 cm³/mol. The average Bonchev–Trinajstić information content (AvgIpc) is 2.04. The minimum atomic E-state index is -0.149. The van der Waals surface area contributed by atoms with E-state index in [2.05, 4.69) is 10.3 Å². The summed E-state index contributed by atoms with van der Waals surface area (Å²) in [5.41, 5.74) is 1.07. The van der Waals surface area contributed by atoms with Crippen LogP contribution in [0.15, 0.2) is 16.8 Å². The van der Waals surface area contributed by atoms with Gasteiger partial charge in [0.1, 0.15) is 0 Å². The van der Waals surface area contributed by atoms with Crippen LogP contribution in [-0.2, 0) is 4.79 Å².